The van der Waals surface area contributed by atoms with Crippen LogP contribution in [-0.4, -0.2) is 49.4 Å². The molecule has 0 saturated carbocycles. The summed E-state index contributed by atoms with van der Waals surface area (Å²) >= 11 is 3.69. The van der Waals surface area contributed by atoms with Gasteiger partial charge in [0.15, 0.2) is 0 Å². The molecule has 6 heteroatoms. The summed E-state index contributed by atoms with van der Waals surface area (Å²) in [5, 5.41) is 3.11. The van der Waals surface area contributed by atoms with Gasteiger partial charge in [0.1, 0.15) is 0 Å². The molecular weight excluding hydrogens is 374 g/mol. The molecule has 0 spiro atoms. The van der Waals surface area contributed by atoms with Crippen molar-refractivity contribution in [2.45, 2.75) is 30.9 Å². The molecule has 0 unspecified atom stereocenters. The van der Waals surface area contributed by atoms with Crippen molar-refractivity contribution >= 4 is 34.8 Å². The Bertz CT molecular complexity index is 728. The largest absolute Gasteiger partial charge is 0.338 e. The molecule has 1 aliphatic heterocycles. The first-order valence-corrected chi connectivity index (χ1v) is 11.6. The molecule has 2 aromatic rings. The lowest BCUT2D eigenvalue weighted by Crippen LogP contribution is -2.43. The number of anilines is 1. The Morgan fingerprint density at radius 3 is 2.74 bits per heavy atom. The number of thiophene rings is 1. The molecule has 2 heterocycles. The Labute approximate surface area is 170 Å². The van der Waals surface area contributed by atoms with Gasteiger partial charge in [-0.15, -0.1) is 23.1 Å². The molecule has 0 aliphatic carbocycles. The number of benzene rings is 1. The molecule has 27 heavy (non-hydrogen) atoms. The van der Waals surface area contributed by atoms with Gasteiger partial charge >= 0.3 is 6.03 Å². The summed E-state index contributed by atoms with van der Waals surface area (Å²) in [6.45, 7) is 9.04. The van der Waals surface area contributed by atoms with Crippen LogP contribution in [0.3, 0.4) is 0 Å². The summed E-state index contributed by atoms with van der Waals surface area (Å²) in [6.07, 6.45) is 1.92. The number of rotatable bonds is 8. The molecule has 0 bridgehead atoms. The highest BCUT2D eigenvalue weighted by Crippen LogP contribution is 2.42. The van der Waals surface area contributed by atoms with E-state index in [4.69, 9.17) is 0 Å². The quantitative estimate of drug-likeness (QED) is 0.649. The molecule has 0 atom stereocenters. The van der Waals surface area contributed by atoms with Gasteiger partial charge in [-0.3, -0.25) is 4.90 Å². The number of fused-ring (bicyclic) bond motifs is 1. The second kappa shape index (κ2) is 10.2. The van der Waals surface area contributed by atoms with Crippen LogP contribution < -0.4 is 10.2 Å². The summed E-state index contributed by atoms with van der Waals surface area (Å²) in [5.74, 6) is 0.963. The first-order valence-electron chi connectivity index (χ1n) is 9.78. The first kappa shape index (κ1) is 20.2. The second-order valence-corrected chi connectivity index (χ2v) is 9.16. The molecule has 0 radical (unpaired) electrons. The summed E-state index contributed by atoms with van der Waals surface area (Å²) in [5.41, 5.74) is 2.40. The molecule has 0 fully saturated rings. The Hall–Kier alpha value is -1.50. The van der Waals surface area contributed by atoms with Crippen LogP contribution in [0.15, 0.2) is 40.6 Å². The summed E-state index contributed by atoms with van der Waals surface area (Å²) in [4.78, 5) is 18.3. The van der Waals surface area contributed by atoms with Crippen molar-refractivity contribution in [1.29, 1.82) is 0 Å². The number of carbonyl (C=O) groups is 1. The normalized spacial score (nSPS) is 13.7. The zero-order valence-electron chi connectivity index (χ0n) is 16.2. The third-order valence-corrected chi connectivity index (χ3v) is 7.24. The van der Waals surface area contributed by atoms with Gasteiger partial charge in [-0.1, -0.05) is 44.2 Å². The summed E-state index contributed by atoms with van der Waals surface area (Å²) in [6, 6.07) is 12.8. The summed E-state index contributed by atoms with van der Waals surface area (Å²) < 4.78 is 1.27. The van der Waals surface area contributed by atoms with Crippen molar-refractivity contribution in [2.24, 2.45) is 0 Å². The van der Waals surface area contributed by atoms with Crippen molar-refractivity contribution in [3.63, 3.8) is 0 Å². The van der Waals surface area contributed by atoms with E-state index in [0.29, 0.717) is 0 Å². The maximum absolute atomic E-state index is 12.7. The van der Waals surface area contributed by atoms with Gasteiger partial charge in [-0.25, -0.2) is 4.79 Å². The van der Waals surface area contributed by atoms with Gasteiger partial charge in [0.05, 0.1) is 9.90 Å². The Balaban J connectivity index is 1.58. The van der Waals surface area contributed by atoms with Gasteiger partial charge in [0, 0.05) is 30.1 Å². The van der Waals surface area contributed by atoms with E-state index in [-0.39, 0.29) is 6.03 Å². The molecule has 1 N–H and O–H groups in total. The van der Waals surface area contributed by atoms with E-state index in [1.54, 1.807) is 0 Å². The van der Waals surface area contributed by atoms with Gasteiger partial charge in [-0.2, -0.15) is 0 Å². The van der Waals surface area contributed by atoms with E-state index in [2.05, 4.69) is 54.4 Å². The van der Waals surface area contributed by atoms with E-state index in [0.717, 1.165) is 57.0 Å². The number of nitrogens with zero attached hydrogens (tertiary/aromatic N) is 2. The van der Waals surface area contributed by atoms with Crippen LogP contribution in [0.4, 0.5) is 10.5 Å². The smallest absolute Gasteiger partial charge is 0.321 e. The number of carbonyl (C=O) groups excluding carboxylic acids is 1. The second-order valence-electron chi connectivity index (χ2n) is 6.66. The fourth-order valence-corrected chi connectivity index (χ4v) is 5.79. The van der Waals surface area contributed by atoms with Crippen LogP contribution in [0.2, 0.25) is 0 Å². The third kappa shape index (κ3) is 5.50. The topological polar surface area (TPSA) is 35.6 Å². The molecular formula is C21H29N3OS2. The fraction of sp³-hybridized carbons (Fsp3) is 0.476. The number of nitrogens with one attached hydrogen (secondary N) is 1. The molecule has 1 aliphatic rings. The van der Waals surface area contributed by atoms with E-state index in [1.807, 2.05) is 34.1 Å². The van der Waals surface area contributed by atoms with Crippen molar-refractivity contribution in [3.8, 4) is 0 Å². The predicted molar refractivity (Wildman–Crippen MR) is 117 cm³/mol. The lowest BCUT2D eigenvalue weighted by Gasteiger charge is -2.27. The third-order valence-electron chi connectivity index (χ3n) is 4.86. The minimum absolute atomic E-state index is 0.0418. The Morgan fingerprint density at radius 1 is 1.22 bits per heavy atom. The standard InChI is InChI=1S/C21H29N3OS2/c1-3-23(4-2)12-8-11-22-21(25)24-13-14-26-20-19(24)16-18(27-20)15-17-9-6-5-7-10-17/h5-7,9-10,16H,3-4,8,11-15H2,1-2H3,(H,22,25). The summed E-state index contributed by atoms with van der Waals surface area (Å²) in [7, 11) is 0. The van der Waals surface area contributed by atoms with E-state index in [1.165, 1.54) is 14.6 Å². The van der Waals surface area contributed by atoms with Gasteiger partial charge in [-0.05, 0) is 37.7 Å². The number of hydrogen-bond acceptors (Lipinski definition) is 4. The maximum Gasteiger partial charge on any atom is 0.321 e. The van der Waals surface area contributed by atoms with E-state index < -0.39 is 0 Å². The van der Waals surface area contributed by atoms with Crippen LogP contribution in [0.5, 0.6) is 0 Å². The number of thioether (sulfide) groups is 1. The lowest BCUT2D eigenvalue weighted by molar-refractivity contribution is 0.244. The average Bonchev–Trinajstić information content (AvgIpc) is 3.11. The molecule has 4 nitrogen and oxygen atoms in total. The zero-order chi connectivity index (χ0) is 19.1. The zero-order valence-corrected chi connectivity index (χ0v) is 17.9. The van der Waals surface area contributed by atoms with Crippen molar-refractivity contribution in [1.82, 2.24) is 10.2 Å². The van der Waals surface area contributed by atoms with Crippen LogP contribution in [0, 0.1) is 0 Å². The molecule has 146 valence electrons. The number of amides is 2. The van der Waals surface area contributed by atoms with Gasteiger partial charge in [0.2, 0.25) is 0 Å². The predicted octanol–water partition coefficient (Wildman–Crippen LogP) is 4.69. The van der Waals surface area contributed by atoms with E-state index in [9.17, 15) is 4.79 Å². The molecule has 1 aromatic carbocycles. The van der Waals surface area contributed by atoms with Crippen molar-refractivity contribution < 1.29 is 4.79 Å². The molecule has 1 aromatic heterocycles. The maximum atomic E-state index is 12.7. The molecule has 2 amide bonds. The first-order chi connectivity index (χ1) is 13.2. The average molecular weight is 404 g/mol. The number of hydrogen-bond donors (Lipinski definition) is 1. The van der Waals surface area contributed by atoms with Crippen LogP contribution in [0.1, 0.15) is 30.7 Å². The van der Waals surface area contributed by atoms with Gasteiger partial charge < -0.3 is 10.2 Å². The highest BCUT2D eigenvalue weighted by molar-refractivity contribution is 8.01. The van der Waals surface area contributed by atoms with Crippen molar-refractivity contribution in [3.05, 3.63) is 46.8 Å². The van der Waals surface area contributed by atoms with Crippen LogP contribution in [-0.2, 0) is 6.42 Å². The Kier molecular flexibility index (Phi) is 7.61. The minimum atomic E-state index is 0.0418. The monoisotopic (exact) mass is 403 g/mol. The highest BCUT2D eigenvalue weighted by Gasteiger charge is 2.25. The van der Waals surface area contributed by atoms with Crippen LogP contribution in [0.25, 0.3) is 0 Å². The van der Waals surface area contributed by atoms with E-state index >= 15 is 0 Å². The highest BCUT2D eigenvalue weighted by atomic mass is 32.2. The molecule has 3 rings (SSSR count). The fourth-order valence-electron chi connectivity index (χ4n) is 3.28. The minimum Gasteiger partial charge on any atom is -0.338 e. The Morgan fingerprint density at radius 2 is 2.00 bits per heavy atom. The lowest BCUT2D eigenvalue weighted by atomic mass is 10.1. The van der Waals surface area contributed by atoms with Crippen molar-refractivity contribution in [2.75, 3.05) is 43.4 Å². The van der Waals surface area contributed by atoms with Crippen LogP contribution >= 0.6 is 23.1 Å². The van der Waals surface area contributed by atoms with Gasteiger partial charge in [0.25, 0.3) is 0 Å². The number of urea groups is 1. The molecule has 0 saturated heterocycles. The SMILES string of the molecule is CCN(CC)CCCNC(=O)N1CCSc2sc(Cc3ccccc3)cc21.